The number of unbranched alkanes of at least 4 members (excludes halogenated alkanes) is 2. The lowest BCUT2D eigenvalue weighted by molar-refractivity contribution is -0.245. The number of benzene rings is 2. The molecule has 3 rings (SSSR count). The van der Waals surface area contributed by atoms with E-state index in [9.17, 15) is 14.7 Å². The van der Waals surface area contributed by atoms with Crippen LogP contribution in [0.1, 0.15) is 67.6 Å². The average molecular weight is 533 g/mol. The van der Waals surface area contributed by atoms with Crippen molar-refractivity contribution in [2.45, 2.75) is 63.6 Å². The van der Waals surface area contributed by atoms with E-state index in [2.05, 4.69) is 5.32 Å². The van der Waals surface area contributed by atoms with E-state index in [-0.39, 0.29) is 37.7 Å². The van der Waals surface area contributed by atoms with E-state index in [0.717, 1.165) is 28.9 Å². The van der Waals surface area contributed by atoms with Gasteiger partial charge in [0.15, 0.2) is 6.29 Å². The van der Waals surface area contributed by atoms with Crippen LogP contribution in [-0.2, 0) is 25.7 Å². The van der Waals surface area contributed by atoms with E-state index in [4.69, 9.17) is 19.8 Å². The Morgan fingerprint density at radius 3 is 2.22 bits per heavy atom. The number of carbonyl (C=O) groups is 2. The molecule has 1 aliphatic rings. The molecule has 5 N–H and O–H groups in total. The van der Waals surface area contributed by atoms with Gasteiger partial charge in [0, 0.05) is 42.0 Å². The third-order valence-electron chi connectivity index (χ3n) is 6.05. The van der Waals surface area contributed by atoms with Crippen LogP contribution in [0.4, 0.5) is 5.69 Å². The highest BCUT2D eigenvalue weighted by Crippen LogP contribution is 2.39. The number of aliphatic hydroxyl groups excluding tert-OH is 2. The molecule has 2 aromatic rings. The fourth-order valence-corrected chi connectivity index (χ4v) is 4.83. The standard InChI is InChI=1S/C27H36N2O7S/c30-14-15-37-18-23-16-24(20-8-6-19(17-31)7-9-20)36-27(35-23)21-10-12-22(13-11-21)28-25(32)4-2-1-3-5-26(33)29-34/h6-13,23-24,27,30-31,34H,1-5,14-18H2,(H,28,32)(H,29,33)/t23-,24+,27+/m0/s1. The van der Waals surface area contributed by atoms with Gasteiger partial charge >= 0.3 is 0 Å². The number of hydroxylamine groups is 1. The first kappa shape index (κ1) is 29.1. The summed E-state index contributed by atoms with van der Waals surface area (Å²) >= 11 is 1.64. The largest absolute Gasteiger partial charge is 0.396 e. The summed E-state index contributed by atoms with van der Waals surface area (Å²) < 4.78 is 12.6. The summed E-state index contributed by atoms with van der Waals surface area (Å²) in [7, 11) is 0. The number of aliphatic hydroxyl groups is 2. The predicted molar refractivity (Wildman–Crippen MR) is 141 cm³/mol. The molecule has 37 heavy (non-hydrogen) atoms. The molecule has 2 aromatic carbocycles. The molecular formula is C27H36N2O7S. The number of amides is 2. The number of ether oxygens (including phenoxy) is 2. The topological polar surface area (TPSA) is 137 Å². The zero-order valence-electron chi connectivity index (χ0n) is 20.8. The van der Waals surface area contributed by atoms with Gasteiger partial charge in [-0.25, -0.2) is 5.48 Å². The maximum Gasteiger partial charge on any atom is 0.243 e. The maximum atomic E-state index is 12.3. The lowest BCUT2D eigenvalue weighted by Crippen LogP contribution is -2.31. The Hall–Kier alpha value is -2.47. The number of thioether (sulfide) groups is 1. The minimum Gasteiger partial charge on any atom is -0.396 e. The van der Waals surface area contributed by atoms with Crippen molar-refractivity contribution in [2.24, 2.45) is 0 Å². The molecule has 1 fully saturated rings. The van der Waals surface area contributed by atoms with E-state index in [0.29, 0.717) is 37.1 Å². The second kappa shape index (κ2) is 15.7. The zero-order chi connectivity index (χ0) is 26.5. The predicted octanol–water partition coefficient (Wildman–Crippen LogP) is 3.84. The lowest BCUT2D eigenvalue weighted by Gasteiger charge is -2.36. The smallest absolute Gasteiger partial charge is 0.243 e. The minimum absolute atomic E-state index is 0.00972. The number of carbonyl (C=O) groups excluding carboxylic acids is 2. The van der Waals surface area contributed by atoms with Crippen molar-refractivity contribution in [1.82, 2.24) is 5.48 Å². The highest BCUT2D eigenvalue weighted by atomic mass is 32.2. The molecule has 2 amide bonds. The van der Waals surface area contributed by atoms with Gasteiger partial charge < -0.3 is 25.0 Å². The molecule has 1 heterocycles. The molecule has 0 aliphatic carbocycles. The number of nitrogens with one attached hydrogen (secondary N) is 2. The van der Waals surface area contributed by atoms with Crippen molar-refractivity contribution in [3.8, 4) is 0 Å². The van der Waals surface area contributed by atoms with Crippen LogP contribution in [0.2, 0.25) is 0 Å². The quantitative estimate of drug-likeness (QED) is 0.141. The lowest BCUT2D eigenvalue weighted by atomic mass is 10.0. The Balaban J connectivity index is 1.57. The second-order valence-corrected chi connectivity index (χ2v) is 10.1. The van der Waals surface area contributed by atoms with Crippen molar-refractivity contribution < 1.29 is 34.5 Å². The molecule has 9 nitrogen and oxygen atoms in total. The van der Waals surface area contributed by atoms with Crippen molar-refractivity contribution in [1.29, 1.82) is 0 Å². The van der Waals surface area contributed by atoms with Gasteiger partial charge in [-0.3, -0.25) is 14.8 Å². The SMILES string of the molecule is O=C(CCCCCC(=O)Nc1ccc([C@@H]2O[C@H](CSCCO)C[C@H](c3ccc(CO)cc3)O2)cc1)NO. The highest BCUT2D eigenvalue weighted by molar-refractivity contribution is 7.99. The molecule has 0 radical (unpaired) electrons. The van der Waals surface area contributed by atoms with Gasteiger partial charge in [-0.1, -0.05) is 42.8 Å². The molecular weight excluding hydrogens is 496 g/mol. The van der Waals surface area contributed by atoms with Crippen molar-refractivity contribution in [2.75, 3.05) is 23.4 Å². The number of rotatable bonds is 14. The summed E-state index contributed by atoms with van der Waals surface area (Å²) in [5, 5.41) is 29.8. The van der Waals surface area contributed by atoms with Gasteiger partial charge in [0.05, 0.1) is 25.4 Å². The number of hydrogen-bond acceptors (Lipinski definition) is 8. The molecule has 0 aromatic heterocycles. The Morgan fingerprint density at radius 1 is 0.892 bits per heavy atom. The van der Waals surface area contributed by atoms with E-state index in [1.54, 1.807) is 17.2 Å². The van der Waals surface area contributed by atoms with Gasteiger partial charge in [-0.05, 0) is 36.1 Å². The Bertz CT molecular complexity index is 972. The van der Waals surface area contributed by atoms with Crippen LogP contribution in [0, 0.1) is 0 Å². The molecule has 1 aliphatic heterocycles. The first-order valence-corrected chi connectivity index (χ1v) is 13.7. The summed E-state index contributed by atoms with van der Waals surface area (Å²) in [6.07, 6.45) is 2.46. The van der Waals surface area contributed by atoms with E-state index >= 15 is 0 Å². The summed E-state index contributed by atoms with van der Waals surface area (Å²) in [5.41, 5.74) is 4.98. The van der Waals surface area contributed by atoms with Crippen molar-refractivity contribution >= 4 is 29.3 Å². The fourth-order valence-electron chi connectivity index (χ4n) is 4.05. The van der Waals surface area contributed by atoms with Crippen molar-refractivity contribution in [3.05, 3.63) is 65.2 Å². The van der Waals surface area contributed by atoms with E-state index in [1.165, 1.54) is 0 Å². The molecule has 202 valence electrons. The Labute approximate surface area is 221 Å². The van der Waals surface area contributed by atoms with Crippen LogP contribution in [0.25, 0.3) is 0 Å². The summed E-state index contributed by atoms with van der Waals surface area (Å²) in [5.74, 6) is 0.867. The van der Waals surface area contributed by atoms with E-state index < -0.39 is 12.2 Å². The fraction of sp³-hybridized carbons (Fsp3) is 0.481. The maximum absolute atomic E-state index is 12.3. The highest BCUT2D eigenvalue weighted by Gasteiger charge is 2.32. The molecule has 0 unspecified atom stereocenters. The van der Waals surface area contributed by atoms with Gasteiger partial charge in [-0.15, -0.1) is 0 Å². The van der Waals surface area contributed by atoms with Gasteiger partial charge in [0.25, 0.3) is 0 Å². The summed E-state index contributed by atoms with van der Waals surface area (Å²) in [6, 6.07) is 15.1. The van der Waals surface area contributed by atoms with Crippen molar-refractivity contribution in [3.63, 3.8) is 0 Å². The molecule has 3 atom stereocenters. The first-order chi connectivity index (χ1) is 18.0. The van der Waals surface area contributed by atoms with Crippen LogP contribution >= 0.6 is 11.8 Å². The van der Waals surface area contributed by atoms with Gasteiger partial charge in [-0.2, -0.15) is 11.8 Å². The first-order valence-electron chi connectivity index (χ1n) is 12.5. The summed E-state index contributed by atoms with van der Waals surface area (Å²) in [6.45, 7) is 0.113. The third-order valence-corrected chi connectivity index (χ3v) is 7.13. The van der Waals surface area contributed by atoms with Crippen LogP contribution < -0.4 is 10.8 Å². The molecule has 1 saturated heterocycles. The minimum atomic E-state index is -0.572. The number of hydrogen-bond donors (Lipinski definition) is 5. The van der Waals surface area contributed by atoms with Crippen LogP contribution in [0.3, 0.4) is 0 Å². The second-order valence-electron chi connectivity index (χ2n) is 8.91. The number of anilines is 1. The molecule has 0 spiro atoms. The van der Waals surface area contributed by atoms with Gasteiger partial charge in [0.2, 0.25) is 11.8 Å². The van der Waals surface area contributed by atoms with Gasteiger partial charge in [0.1, 0.15) is 0 Å². The molecule has 0 bridgehead atoms. The third kappa shape index (κ3) is 9.73. The van der Waals surface area contributed by atoms with E-state index in [1.807, 2.05) is 48.5 Å². The average Bonchev–Trinajstić information content (AvgIpc) is 2.93. The monoisotopic (exact) mass is 532 g/mol. The zero-order valence-corrected chi connectivity index (χ0v) is 21.6. The van der Waals surface area contributed by atoms with Crippen LogP contribution in [0.15, 0.2) is 48.5 Å². The Kier molecular flexibility index (Phi) is 12.3. The molecule has 10 heteroatoms. The van der Waals surface area contributed by atoms with Crippen LogP contribution in [0.5, 0.6) is 0 Å². The molecule has 0 saturated carbocycles. The Morgan fingerprint density at radius 2 is 1.57 bits per heavy atom. The summed E-state index contributed by atoms with van der Waals surface area (Å²) in [4.78, 5) is 23.3. The van der Waals surface area contributed by atoms with Crippen LogP contribution in [-0.4, -0.2) is 51.5 Å². The normalized spacial score (nSPS) is 19.4.